The predicted molar refractivity (Wildman–Crippen MR) is 93.3 cm³/mol. The van der Waals surface area contributed by atoms with Crippen LogP contribution in [0.5, 0.6) is 0 Å². The van der Waals surface area contributed by atoms with Crippen LogP contribution in [0.3, 0.4) is 0 Å². The van der Waals surface area contributed by atoms with Crippen molar-refractivity contribution in [2.75, 3.05) is 13.1 Å². The molecule has 0 N–H and O–H groups in total. The summed E-state index contributed by atoms with van der Waals surface area (Å²) in [6.07, 6.45) is 4.66. The number of nitrogens with zero attached hydrogens (tertiary/aromatic N) is 2. The van der Waals surface area contributed by atoms with Crippen molar-refractivity contribution >= 4 is 5.91 Å². The molecule has 1 fully saturated rings. The Labute approximate surface area is 147 Å². The molecule has 1 aromatic carbocycles. The third-order valence-corrected chi connectivity index (χ3v) is 4.44. The highest BCUT2D eigenvalue weighted by atomic mass is 19.1. The van der Waals surface area contributed by atoms with Crippen molar-refractivity contribution in [3.8, 4) is 0 Å². The minimum atomic E-state index is -0.258. The van der Waals surface area contributed by atoms with E-state index in [2.05, 4.69) is 4.98 Å². The minimum Gasteiger partial charge on any atom is -0.370 e. The lowest BCUT2D eigenvalue weighted by Crippen LogP contribution is -2.43. The van der Waals surface area contributed by atoms with Crippen LogP contribution in [0.15, 0.2) is 48.7 Å². The average Bonchev–Trinajstić information content (AvgIpc) is 2.65. The van der Waals surface area contributed by atoms with E-state index in [0.717, 1.165) is 30.6 Å². The average molecular weight is 342 g/mol. The molecule has 25 heavy (non-hydrogen) atoms. The summed E-state index contributed by atoms with van der Waals surface area (Å²) in [4.78, 5) is 18.6. The molecule has 3 rings (SSSR count). The van der Waals surface area contributed by atoms with Gasteiger partial charge in [-0.05, 0) is 49.1 Å². The number of pyridine rings is 1. The molecule has 0 bridgehead atoms. The zero-order valence-corrected chi connectivity index (χ0v) is 14.2. The topological polar surface area (TPSA) is 42.4 Å². The molecule has 0 aliphatic carbocycles. The van der Waals surface area contributed by atoms with Gasteiger partial charge in [-0.15, -0.1) is 0 Å². The summed E-state index contributed by atoms with van der Waals surface area (Å²) in [6, 6.07) is 12.2. The normalized spacial score (nSPS) is 17.5. The lowest BCUT2D eigenvalue weighted by molar-refractivity contribution is -0.135. The summed E-state index contributed by atoms with van der Waals surface area (Å²) in [7, 11) is 0. The molecule has 1 amide bonds. The fourth-order valence-corrected chi connectivity index (χ4v) is 3.09. The maximum absolute atomic E-state index is 13.2. The Morgan fingerprint density at radius 2 is 2.20 bits per heavy atom. The first-order chi connectivity index (χ1) is 12.2. The smallest absolute Gasteiger partial charge is 0.222 e. The molecule has 0 unspecified atom stereocenters. The third kappa shape index (κ3) is 5.36. The van der Waals surface area contributed by atoms with Crippen LogP contribution in [0.1, 0.15) is 30.5 Å². The summed E-state index contributed by atoms with van der Waals surface area (Å²) in [5.41, 5.74) is 1.75. The molecule has 1 saturated heterocycles. The molecule has 1 aliphatic rings. The van der Waals surface area contributed by atoms with E-state index in [1.165, 1.54) is 12.1 Å². The van der Waals surface area contributed by atoms with Crippen molar-refractivity contribution in [2.45, 2.75) is 38.4 Å². The monoisotopic (exact) mass is 342 g/mol. The van der Waals surface area contributed by atoms with Gasteiger partial charge in [-0.1, -0.05) is 18.2 Å². The van der Waals surface area contributed by atoms with Gasteiger partial charge < -0.3 is 9.64 Å². The van der Waals surface area contributed by atoms with Gasteiger partial charge in [0.1, 0.15) is 5.82 Å². The highest BCUT2D eigenvalue weighted by Crippen LogP contribution is 2.16. The first-order valence-corrected chi connectivity index (χ1v) is 8.74. The Bertz CT molecular complexity index is 693. The van der Waals surface area contributed by atoms with Gasteiger partial charge in [0.25, 0.3) is 0 Å². The highest BCUT2D eigenvalue weighted by molar-refractivity contribution is 5.76. The number of hydrogen-bond donors (Lipinski definition) is 0. The zero-order valence-electron chi connectivity index (χ0n) is 14.2. The first kappa shape index (κ1) is 17.5. The molecule has 2 aromatic rings. The Hall–Kier alpha value is -2.27. The number of amides is 1. The van der Waals surface area contributed by atoms with Crippen molar-refractivity contribution in [2.24, 2.45) is 0 Å². The van der Waals surface area contributed by atoms with E-state index in [1.54, 1.807) is 12.3 Å². The molecule has 0 saturated carbocycles. The summed E-state index contributed by atoms with van der Waals surface area (Å²) < 4.78 is 19.1. The quantitative estimate of drug-likeness (QED) is 0.808. The van der Waals surface area contributed by atoms with Crippen LogP contribution in [0.2, 0.25) is 0 Å². The molecule has 2 heterocycles. The van der Waals surface area contributed by atoms with Crippen LogP contribution < -0.4 is 0 Å². The second-order valence-electron chi connectivity index (χ2n) is 6.37. The number of benzene rings is 1. The largest absolute Gasteiger partial charge is 0.370 e. The third-order valence-electron chi connectivity index (χ3n) is 4.44. The molecule has 5 heteroatoms. The van der Waals surface area contributed by atoms with Crippen LogP contribution in [-0.4, -0.2) is 35.0 Å². The van der Waals surface area contributed by atoms with Crippen molar-refractivity contribution < 1.29 is 13.9 Å². The summed E-state index contributed by atoms with van der Waals surface area (Å²) in [6.45, 7) is 1.86. The van der Waals surface area contributed by atoms with Crippen LogP contribution in [-0.2, 0) is 22.6 Å². The van der Waals surface area contributed by atoms with E-state index in [9.17, 15) is 9.18 Å². The van der Waals surface area contributed by atoms with Gasteiger partial charge >= 0.3 is 0 Å². The second kappa shape index (κ2) is 8.72. The standard InChI is InChI=1S/C20H23FN2O2/c21-17-6-3-5-16(13-17)9-10-20(24)23-12-4-8-19(14-23)25-15-18-7-1-2-11-22-18/h1-3,5-7,11,13,19H,4,8-10,12,14-15H2/t19-/m1/s1. The number of aryl methyl sites for hydroxylation is 1. The fraction of sp³-hybridized carbons (Fsp3) is 0.400. The number of ether oxygens (including phenoxy) is 1. The molecule has 1 atom stereocenters. The first-order valence-electron chi connectivity index (χ1n) is 8.74. The van der Waals surface area contributed by atoms with Gasteiger partial charge in [-0.3, -0.25) is 9.78 Å². The summed E-state index contributed by atoms with van der Waals surface area (Å²) in [5.74, 6) is -0.152. The number of rotatable bonds is 6. The van der Waals surface area contributed by atoms with E-state index in [1.807, 2.05) is 29.2 Å². The summed E-state index contributed by atoms with van der Waals surface area (Å²) in [5, 5.41) is 0. The zero-order chi connectivity index (χ0) is 17.5. The maximum Gasteiger partial charge on any atom is 0.222 e. The van der Waals surface area contributed by atoms with Crippen LogP contribution in [0.25, 0.3) is 0 Å². The Balaban J connectivity index is 1.46. The van der Waals surface area contributed by atoms with E-state index < -0.39 is 0 Å². The number of hydrogen-bond acceptors (Lipinski definition) is 3. The highest BCUT2D eigenvalue weighted by Gasteiger charge is 2.24. The van der Waals surface area contributed by atoms with Gasteiger partial charge in [-0.25, -0.2) is 4.39 Å². The van der Waals surface area contributed by atoms with E-state index in [-0.39, 0.29) is 17.8 Å². The van der Waals surface area contributed by atoms with Crippen molar-refractivity contribution in [1.82, 2.24) is 9.88 Å². The maximum atomic E-state index is 13.2. The molecule has 4 nitrogen and oxygen atoms in total. The Kier molecular flexibility index (Phi) is 6.12. The van der Waals surface area contributed by atoms with Crippen molar-refractivity contribution in [3.63, 3.8) is 0 Å². The van der Waals surface area contributed by atoms with Gasteiger partial charge in [0, 0.05) is 25.7 Å². The number of carbonyl (C=O) groups excluding carboxylic acids is 1. The molecule has 132 valence electrons. The van der Waals surface area contributed by atoms with Crippen LogP contribution in [0.4, 0.5) is 4.39 Å². The molecule has 1 aromatic heterocycles. The summed E-state index contributed by atoms with van der Waals surface area (Å²) >= 11 is 0. The van der Waals surface area contributed by atoms with Gasteiger partial charge in [0.2, 0.25) is 5.91 Å². The van der Waals surface area contributed by atoms with Crippen LogP contribution >= 0.6 is 0 Å². The number of likely N-dealkylation sites (tertiary alicyclic amines) is 1. The van der Waals surface area contributed by atoms with E-state index in [0.29, 0.717) is 26.0 Å². The van der Waals surface area contributed by atoms with Crippen molar-refractivity contribution in [1.29, 1.82) is 0 Å². The van der Waals surface area contributed by atoms with Gasteiger partial charge in [0.15, 0.2) is 0 Å². The minimum absolute atomic E-state index is 0.0499. The number of halogens is 1. The number of carbonyl (C=O) groups is 1. The second-order valence-corrected chi connectivity index (χ2v) is 6.37. The molecular weight excluding hydrogens is 319 g/mol. The van der Waals surface area contributed by atoms with E-state index >= 15 is 0 Å². The SMILES string of the molecule is O=C(CCc1cccc(F)c1)N1CCC[C@@H](OCc2ccccn2)C1. The van der Waals surface area contributed by atoms with Crippen LogP contribution in [0, 0.1) is 5.82 Å². The molecule has 0 radical (unpaired) electrons. The molecule has 1 aliphatic heterocycles. The lowest BCUT2D eigenvalue weighted by Gasteiger charge is -2.32. The molecule has 0 spiro atoms. The predicted octanol–water partition coefficient (Wildman–Crippen LogP) is 3.36. The Morgan fingerprint density at radius 3 is 3.00 bits per heavy atom. The fourth-order valence-electron chi connectivity index (χ4n) is 3.09. The number of aromatic nitrogens is 1. The van der Waals surface area contributed by atoms with E-state index in [4.69, 9.17) is 4.74 Å². The van der Waals surface area contributed by atoms with Crippen molar-refractivity contribution in [3.05, 3.63) is 65.7 Å². The Morgan fingerprint density at radius 1 is 1.28 bits per heavy atom. The van der Waals surface area contributed by atoms with Gasteiger partial charge in [-0.2, -0.15) is 0 Å². The number of piperidine rings is 1. The lowest BCUT2D eigenvalue weighted by atomic mass is 10.1. The molecular formula is C20H23FN2O2. The van der Waals surface area contributed by atoms with Gasteiger partial charge in [0.05, 0.1) is 18.4 Å².